The molecule has 0 aliphatic heterocycles. The van der Waals surface area contributed by atoms with Gasteiger partial charge in [0.2, 0.25) is 5.88 Å². The molecule has 0 aliphatic carbocycles. The summed E-state index contributed by atoms with van der Waals surface area (Å²) in [6.45, 7) is 1.90. The Bertz CT molecular complexity index is 1370. The number of rotatable bonds is 6. The summed E-state index contributed by atoms with van der Waals surface area (Å²) in [7, 11) is 1.31. The highest BCUT2D eigenvalue weighted by molar-refractivity contribution is 6.33. The Hall–Kier alpha value is -3.85. The van der Waals surface area contributed by atoms with Crippen LogP contribution in [0, 0.1) is 0 Å². The van der Waals surface area contributed by atoms with E-state index in [1.165, 1.54) is 25.4 Å². The van der Waals surface area contributed by atoms with Crippen molar-refractivity contribution in [2.24, 2.45) is 0 Å². The number of halogens is 4. The van der Waals surface area contributed by atoms with Crippen LogP contribution in [0.25, 0.3) is 10.8 Å². The number of pyridine rings is 2. The molecule has 2 heterocycles. The predicted octanol–water partition coefficient (Wildman–Crippen LogP) is 7.05. The first-order chi connectivity index (χ1) is 16.7. The highest BCUT2D eigenvalue weighted by Crippen LogP contribution is 2.42. The lowest BCUT2D eigenvalue weighted by atomic mass is 10.1. The average Bonchev–Trinajstić information content (AvgIpc) is 2.84. The van der Waals surface area contributed by atoms with Crippen LogP contribution in [-0.2, 0) is 10.9 Å². The number of nitrogens with one attached hydrogen (secondary N) is 1. The predicted molar refractivity (Wildman–Crippen MR) is 126 cm³/mol. The van der Waals surface area contributed by atoms with Crippen LogP contribution in [0.15, 0.2) is 67.0 Å². The third kappa shape index (κ3) is 5.14. The fourth-order valence-corrected chi connectivity index (χ4v) is 3.78. The maximum Gasteiger partial charge on any atom is 0.417 e. The van der Waals surface area contributed by atoms with Crippen molar-refractivity contribution in [3.8, 4) is 11.6 Å². The largest absolute Gasteiger partial charge is 0.465 e. The van der Waals surface area contributed by atoms with Crippen LogP contribution in [0.1, 0.15) is 34.5 Å². The molecule has 0 fully saturated rings. The third-order valence-corrected chi connectivity index (χ3v) is 5.69. The maximum atomic E-state index is 13.3. The number of carbonyl (C=O) groups is 1. The van der Waals surface area contributed by atoms with E-state index in [2.05, 4.69) is 15.3 Å². The van der Waals surface area contributed by atoms with Crippen LogP contribution in [0.3, 0.4) is 0 Å². The number of fused-ring (bicyclic) bond motifs is 1. The number of methoxy groups -OCH3 is 1. The number of esters is 1. The van der Waals surface area contributed by atoms with Gasteiger partial charge in [0.1, 0.15) is 11.6 Å². The molecule has 4 rings (SSSR count). The molecular formula is C25H19ClF3N3O3. The lowest BCUT2D eigenvalue weighted by Crippen LogP contribution is -2.10. The lowest BCUT2D eigenvalue weighted by molar-refractivity contribution is -0.137. The normalized spacial score (nSPS) is 12.3. The summed E-state index contributed by atoms with van der Waals surface area (Å²) in [5.41, 5.74) is 0.283. The zero-order valence-electron chi connectivity index (χ0n) is 18.6. The first-order valence-corrected chi connectivity index (χ1v) is 10.8. The van der Waals surface area contributed by atoms with E-state index in [0.717, 1.165) is 11.6 Å². The molecular weight excluding hydrogens is 483 g/mol. The summed E-state index contributed by atoms with van der Waals surface area (Å²) in [5.74, 6) is -0.150. The van der Waals surface area contributed by atoms with Crippen LogP contribution in [0.5, 0.6) is 11.6 Å². The van der Waals surface area contributed by atoms with Crippen molar-refractivity contribution < 1.29 is 27.4 Å². The van der Waals surface area contributed by atoms with Crippen LogP contribution < -0.4 is 10.1 Å². The topological polar surface area (TPSA) is 73.3 Å². The second kappa shape index (κ2) is 9.79. The van der Waals surface area contributed by atoms with Gasteiger partial charge >= 0.3 is 12.1 Å². The second-order valence-electron chi connectivity index (χ2n) is 7.57. The van der Waals surface area contributed by atoms with E-state index in [1.807, 2.05) is 6.92 Å². The van der Waals surface area contributed by atoms with E-state index >= 15 is 0 Å². The zero-order chi connectivity index (χ0) is 25.2. The minimum absolute atomic E-state index is 0.0487. The lowest BCUT2D eigenvalue weighted by Gasteiger charge is -2.18. The molecule has 0 aliphatic rings. The number of anilines is 1. The molecule has 10 heteroatoms. The number of alkyl halides is 3. The van der Waals surface area contributed by atoms with Gasteiger partial charge in [-0.2, -0.15) is 13.2 Å². The van der Waals surface area contributed by atoms with Crippen molar-refractivity contribution in [3.63, 3.8) is 0 Å². The third-order valence-electron chi connectivity index (χ3n) is 5.30. The Morgan fingerprint density at radius 1 is 1.03 bits per heavy atom. The molecule has 4 aromatic rings. The Morgan fingerprint density at radius 3 is 2.37 bits per heavy atom. The van der Waals surface area contributed by atoms with E-state index in [-0.39, 0.29) is 17.7 Å². The SMILES string of the molecule is COC(=O)c1ccc([C@H](C)Nc2nccc3ccnc(Oc4cccc(C(F)(F)F)c4Cl)c23)cc1. The van der Waals surface area contributed by atoms with Crippen molar-refractivity contribution in [1.82, 2.24) is 9.97 Å². The maximum absolute atomic E-state index is 13.3. The molecule has 1 atom stereocenters. The number of carbonyl (C=O) groups excluding carboxylic acids is 1. The minimum Gasteiger partial charge on any atom is -0.465 e. The van der Waals surface area contributed by atoms with Crippen molar-refractivity contribution in [3.05, 3.63) is 88.7 Å². The number of nitrogens with zero attached hydrogens (tertiary/aromatic N) is 2. The molecule has 0 saturated heterocycles. The van der Waals surface area contributed by atoms with E-state index in [1.54, 1.807) is 42.6 Å². The summed E-state index contributed by atoms with van der Waals surface area (Å²) < 4.78 is 50.3. The molecule has 0 spiro atoms. The molecule has 2 aromatic carbocycles. The number of aromatic nitrogens is 2. The second-order valence-corrected chi connectivity index (χ2v) is 7.95. The summed E-state index contributed by atoms with van der Waals surface area (Å²) in [4.78, 5) is 20.3. The zero-order valence-corrected chi connectivity index (χ0v) is 19.3. The van der Waals surface area contributed by atoms with Gasteiger partial charge in [-0.1, -0.05) is 29.8 Å². The molecule has 0 unspecified atom stereocenters. The highest BCUT2D eigenvalue weighted by atomic mass is 35.5. The summed E-state index contributed by atoms with van der Waals surface area (Å²) >= 11 is 6.01. The van der Waals surface area contributed by atoms with Crippen LogP contribution in [0.2, 0.25) is 5.02 Å². The van der Waals surface area contributed by atoms with Crippen LogP contribution >= 0.6 is 11.6 Å². The summed E-state index contributed by atoms with van der Waals surface area (Å²) in [6.07, 6.45) is -1.55. The Kier molecular flexibility index (Phi) is 6.79. The first kappa shape index (κ1) is 24.3. The van der Waals surface area contributed by atoms with Gasteiger partial charge in [-0.25, -0.2) is 14.8 Å². The molecule has 35 heavy (non-hydrogen) atoms. The minimum atomic E-state index is -4.63. The molecule has 0 bridgehead atoms. The van der Waals surface area contributed by atoms with Crippen molar-refractivity contribution in [1.29, 1.82) is 0 Å². The first-order valence-electron chi connectivity index (χ1n) is 10.4. The molecule has 0 amide bonds. The molecule has 6 nitrogen and oxygen atoms in total. The Morgan fingerprint density at radius 2 is 1.71 bits per heavy atom. The van der Waals surface area contributed by atoms with Crippen LogP contribution in [-0.4, -0.2) is 23.0 Å². The van der Waals surface area contributed by atoms with Gasteiger partial charge in [-0.3, -0.25) is 0 Å². The fraction of sp³-hybridized carbons (Fsp3) is 0.160. The molecule has 180 valence electrons. The molecule has 1 N–H and O–H groups in total. The van der Waals surface area contributed by atoms with Gasteiger partial charge in [0.25, 0.3) is 0 Å². The van der Waals surface area contributed by atoms with Gasteiger partial charge in [0.05, 0.1) is 28.6 Å². The molecule has 0 radical (unpaired) electrons. The Labute approximate surface area is 203 Å². The van der Waals surface area contributed by atoms with Gasteiger partial charge in [0, 0.05) is 18.4 Å². The van der Waals surface area contributed by atoms with E-state index in [9.17, 15) is 18.0 Å². The quantitative estimate of drug-likeness (QED) is 0.285. The van der Waals surface area contributed by atoms with Gasteiger partial charge < -0.3 is 14.8 Å². The van der Waals surface area contributed by atoms with Gasteiger partial charge in [-0.05, 0) is 54.3 Å². The standard InChI is InChI=1S/C25H19ClF3N3O3/c1-14(15-6-8-17(9-7-15)24(33)34-2)32-22-20-16(10-12-30-22)11-13-31-23(20)35-19-5-3-4-18(21(19)26)25(27,28)29/h3-14H,1-2H3,(H,30,32)/t14-/m0/s1. The summed E-state index contributed by atoms with van der Waals surface area (Å²) in [6, 6.07) is 13.5. The number of ether oxygens (including phenoxy) is 2. The van der Waals surface area contributed by atoms with Crippen molar-refractivity contribution in [2.75, 3.05) is 12.4 Å². The van der Waals surface area contributed by atoms with Crippen molar-refractivity contribution in [2.45, 2.75) is 19.1 Å². The van der Waals surface area contributed by atoms with Gasteiger partial charge in [0.15, 0.2) is 0 Å². The van der Waals surface area contributed by atoms with E-state index < -0.39 is 22.7 Å². The highest BCUT2D eigenvalue weighted by Gasteiger charge is 2.34. The van der Waals surface area contributed by atoms with E-state index in [4.69, 9.17) is 21.1 Å². The fourth-order valence-electron chi connectivity index (χ4n) is 3.50. The number of hydrogen-bond donors (Lipinski definition) is 1. The molecule has 2 aromatic heterocycles. The number of benzene rings is 2. The monoisotopic (exact) mass is 501 g/mol. The number of hydrogen-bond acceptors (Lipinski definition) is 6. The van der Waals surface area contributed by atoms with Gasteiger partial charge in [-0.15, -0.1) is 0 Å². The van der Waals surface area contributed by atoms with Crippen LogP contribution in [0.4, 0.5) is 19.0 Å². The van der Waals surface area contributed by atoms with E-state index in [0.29, 0.717) is 22.2 Å². The summed E-state index contributed by atoms with van der Waals surface area (Å²) in [5, 5.41) is 3.91. The molecule has 0 saturated carbocycles. The smallest absolute Gasteiger partial charge is 0.417 e. The Balaban J connectivity index is 1.68. The average molecular weight is 502 g/mol. The van der Waals surface area contributed by atoms with Crippen molar-refractivity contribution >= 4 is 34.2 Å².